The number of nitrogens with zero attached hydrogens (tertiary/aromatic N) is 2. The van der Waals surface area contributed by atoms with Gasteiger partial charge in [0, 0.05) is 13.1 Å². The standard InChI is InChI=1S/C12H12Cl2N2O3/c13-9-4-3-8(10(14)15-9)11(17)16-5-1-2-7(6-16)12(18)19/h3-4,7H,1-2,5-6H2,(H,18,19). The Hall–Kier alpha value is -1.33. The average molecular weight is 303 g/mol. The number of rotatable bonds is 2. The quantitative estimate of drug-likeness (QED) is 0.851. The monoisotopic (exact) mass is 302 g/mol. The number of piperidine rings is 1. The van der Waals surface area contributed by atoms with Gasteiger partial charge in [0.15, 0.2) is 0 Å². The van der Waals surface area contributed by atoms with Crippen molar-refractivity contribution in [3.8, 4) is 0 Å². The summed E-state index contributed by atoms with van der Waals surface area (Å²) in [5, 5.41) is 9.25. The van der Waals surface area contributed by atoms with Gasteiger partial charge in [0.1, 0.15) is 10.3 Å². The molecule has 7 heteroatoms. The third kappa shape index (κ3) is 3.16. The number of likely N-dealkylation sites (tertiary alicyclic amines) is 1. The summed E-state index contributed by atoms with van der Waals surface area (Å²) in [4.78, 5) is 28.6. The van der Waals surface area contributed by atoms with E-state index in [2.05, 4.69) is 4.98 Å². The Kier molecular flexibility index (Phi) is 4.27. The van der Waals surface area contributed by atoms with Gasteiger partial charge >= 0.3 is 5.97 Å². The summed E-state index contributed by atoms with van der Waals surface area (Å²) < 4.78 is 0. The second-order valence-electron chi connectivity index (χ2n) is 4.40. The van der Waals surface area contributed by atoms with Crippen molar-refractivity contribution >= 4 is 35.1 Å². The lowest BCUT2D eigenvalue weighted by molar-refractivity contribution is -0.143. The number of hydrogen-bond donors (Lipinski definition) is 1. The second kappa shape index (κ2) is 5.75. The van der Waals surface area contributed by atoms with Crippen molar-refractivity contribution in [2.45, 2.75) is 12.8 Å². The Bertz CT molecular complexity index is 522. The van der Waals surface area contributed by atoms with Crippen molar-refractivity contribution in [1.82, 2.24) is 9.88 Å². The van der Waals surface area contributed by atoms with Crippen molar-refractivity contribution in [2.75, 3.05) is 13.1 Å². The van der Waals surface area contributed by atoms with Crippen LogP contribution in [-0.2, 0) is 4.79 Å². The van der Waals surface area contributed by atoms with Gasteiger partial charge in [-0.2, -0.15) is 0 Å². The van der Waals surface area contributed by atoms with Crippen molar-refractivity contribution in [1.29, 1.82) is 0 Å². The SMILES string of the molecule is O=C(O)C1CCCN(C(=O)c2ccc(Cl)nc2Cl)C1. The van der Waals surface area contributed by atoms with Crippen molar-refractivity contribution < 1.29 is 14.7 Å². The lowest BCUT2D eigenvalue weighted by atomic mass is 9.98. The Balaban J connectivity index is 2.17. The molecule has 1 saturated heterocycles. The molecule has 1 atom stereocenters. The molecule has 1 aromatic heterocycles. The highest BCUT2D eigenvalue weighted by molar-refractivity contribution is 6.34. The van der Waals surface area contributed by atoms with Crippen LogP contribution in [0.1, 0.15) is 23.2 Å². The number of hydrogen-bond acceptors (Lipinski definition) is 3. The van der Waals surface area contributed by atoms with Crippen LogP contribution in [0.5, 0.6) is 0 Å². The number of carboxylic acids is 1. The fourth-order valence-corrected chi connectivity index (χ4v) is 2.53. The zero-order valence-electron chi connectivity index (χ0n) is 9.97. The molecule has 2 heterocycles. The van der Waals surface area contributed by atoms with Gasteiger partial charge in [0.05, 0.1) is 11.5 Å². The first-order valence-corrected chi connectivity index (χ1v) is 6.58. The largest absolute Gasteiger partial charge is 0.481 e. The summed E-state index contributed by atoms with van der Waals surface area (Å²) in [6, 6.07) is 2.99. The molecule has 0 radical (unpaired) electrons. The first kappa shape index (κ1) is 14.1. The van der Waals surface area contributed by atoms with E-state index in [1.165, 1.54) is 17.0 Å². The van der Waals surface area contributed by atoms with E-state index in [0.29, 0.717) is 19.4 Å². The van der Waals surface area contributed by atoms with Crippen LogP contribution in [0.2, 0.25) is 10.3 Å². The summed E-state index contributed by atoms with van der Waals surface area (Å²) in [7, 11) is 0. The molecule has 1 aromatic rings. The minimum Gasteiger partial charge on any atom is -0.481 e. The fourth-order valence-electron chi connectivity index (χ4n) is 2.11. The van der Waals surface area contributed by atoms with E-state index in [0.717, 1.165) is 0 Å². The second-order valence-corrected chi connectivity index (χ2v) is 5.15. The maximum absolute atomic E-state index is 12.3. The van der Waals surface area contributed by atoms with Crippen molar-refractivity contribution in [3.05, 3.63) is 28.0 Å². The molecule has 1 aliphatic heterocycles. The Morgan fingerprint density at radius 2 is 2.11 bits per heavy atom. The van der Waals surface area contributed by atoms with Crippen LogP contribution in [0.15, 0.2) is 12.1 Å². The average Bonchev–Trinajstić information content (AvgIpc) is 2.38. The number of carbonyl (C=O) groups is 2. The highest BCUT2D eigenvalue weighted by Crippen LogP contribution is 2.22. The topological polar surface area (TPSA) is 70.5 Å². The molecule has 0 aromatic carbocycles. The van der Waals surface area contributed by atoms with E-state index >= 15 is 0 Å². The van der Waals surface area contributed by atoms with Crippen LogP contribution in [0, 0.1) is 5.92 Å². The molecule has 102 valence electrons. The highest BCUT2D eigenvalue weighted by atomic mass is 35.5. The molecular formula is C12H12Cl2N2O3. The van der Waals surface area contributed by atoms with Crippen LogP contribution < -0.4 is 0 Å². The van der Waals surface area contributed by atoms with Gasteiger partial charge in [-0.1, -0.05) is 23.2 Å². The molecule has 0 bridgehead atoms. The number of pyridine rings is 1. The van der Waals surface area contributed by atoms with Crippen LogP contribution in [0.25, 0.3) is 0 Å². The van der Waals surface area contributed by atoms with Gasteiger partial charge in [-0.25, -0.2) is 4.98 Å². The molecule has 0 saturated carbocycles. The zero-order chi connectivity index (χ0) is 14.0. The van der Waals surface area contributed by atoms with E-state index in [4.69, 9.17) is 28.3 Å². The minimum atomic E-state index is -0.877. The molecule has 2 rings (SSSR count). The first-order valence-electron chi connectivity index (χ1n) is 5.83. The van der Waals surface area contributed by atoms with Crippen LogP contribution in [0.4, 0.5) is 0 Å². The number of carbonyl (C=O) groups excluding carboxylic acids is 1. The maximum Gasteiger partial charge on any atom is 0.308 e. The van der Waals surface area contributed by atoms with Crippen molar-refractivity contribution in [3.63, 3.8) is 0 Å². The van der Waals surface area contributed by atoms with E-state index in [-0.39, 0.29) is 28.3 Å². The highest BCUT2D eigenvalue weighted by Gasteiger charge is 2.29. The van der Waals surface area contributed by atoms with Crippen LogP contribution in [-0.4, -0.2) is 40.0 Å². The molecule has 1 unspecified atom stereocenters. The van der Waals surface area contributed by atoms with E-state index < -0.39 is 11.9 Å². The molecule has 1 amide bonds. The molecule has 5 nitrogen and oxygen atoms in total. The Labute approximate surface area is 120 Å². The summed E-state index contributed by atoms with van der Waals surface area (Å²) in [5.74, 6) is -1.70. The molecule has 1 fully saturated rings. The summed E-state index contributed by atoms with van der Waals surface area (Å²) in [5.41, 5.74) is 0.247. The van der Waals surface area contributed by atoms with E-state index in [1.54, 1.807) is 0 Å². The summed E-state index contributed by atoms with van der Waals surface area (Å²) in [6.45, 7) is 0.731. The summed E-state index contributed by atoms with van der Waals surface area (Å²) in [6.07, 6.45) is 1.26. The van der Waals surface area contributed by atoms with E-state index in [1.807, 2.05) is 0 Å². The smallest absolute Gasteiger partial charge is 0.308 e. The normalized spacial score (nSPS) is 19.3. The number of aliphatic carboxylic acids is 1. The molecule has 0 aliphatic carbocycles. The minimum absolute atomic E-state index is 0.0370. The zero-order valence-corrected chi connectivity index (χ0v) is 11.5. The fraction of sp³-hybridized carbons (Fsp3) is 0.417. The third-order valence-corrected chi connectivity index (χ3v) is 3.60. The number of carboxylic acid groups (broad SMARTS) is 1. The Morgan fingerprint density at radius 3 is 2.74 bits per heavy atom. The molecule has 1 N–H and O–H groups in total. The molecular weight excluding hydrogens is 291 g/mol. The van der Waals surface area contributed by atoms with Gasteiger partial charge in [-0.05, 0) is 25.0 Å². The van der Waals surface area contributed by atoms with Gasteiger partial charge in [0.2, 0.25) is 0 Å². The number of halogens is 2. The van der Waals surface area contributed by atoms with Crippen molar-refractivity contribution in [2.24, 2.45) is 5.92 Å². The van der Waals surface area contributed by atoms with Gasteiger partial charge in [0.25, 0.3) is 5.91 Å². The van der Waals surface area contributed by atoms with Crippen LogP contribution >= 0.6 is 23.2 Å². The molecule has 19 heavy (non-hydrogen) atoms. The van der Waals surface area contributed by atoms with E-state index in [9.17, 15) is 9.59 Å². The van der Waals surface area contributed by atoms with Crippen LogP contribution in [0.3, 0.4) is 0 Å². The molecule has 1 aliphatic rings. The predicted molar refractivity (Wildman–Crippen MR) is 70.5 cm³/mol. The van der Waals surface area contributed by atoms with Gasteiger partial charge < -0.3 is 10.0 Å². The maximum atomic E-state index is 12.3. The first-order chi connectivity index (χ1) is 8.99. The lowest BCUT2D eigenvalue weighted by Crippen LogP contribution is -2.42. The Morgan fingerprint density at radius 1 is 1.37 bits per heavy atom. The number of aromatic nitrogens is 1. The number of amides is 1. The lowest BCUT2D eigenvalue weighted by Gasteiger charge is -2.30. The predicted octanol–water partition coefficient (Wildman–Crippen LogP) is 2.33. The van der Waals surface area contributed by atoms with Gasteiger partial charge in [-0.15, -0.1) is 0 Å². The third-order valence-electron chi connectivity index (χ3n) is 3.10. The summed E-state index contributed by atoms with van der Waals surface area (Å²) >= 11 is 11.6. The van der Waals surface area contributed by atoms with Gasteiger partial charge in [-0.3, -0.25) is 9.59 Å². The molecule has 0 spiro atoms.